The van der Waals surface area contributed by atoms with Gasteiger partial charge in [-0.15, -0.1) is 11.3 Å². The van der Waals surface area contributed by atoms with E-state index < -0.39 is 11.9 Å². The van der Waals surface area contributed by atoms with Crippen molar-refractivity contribution in [3.05, 3.63) is 16.1 Å². The third-order valence-corrected chi connectivity index (χ3v) is 4.25. The minimum absolute atomic E-state index is 0.0850. The Bertz CT molecular complexity index is 458. The van der Waals surface area contributed by atoms with E-state index in [2.05, 4.69) is 4.98 Å². The highest BCUT2D eigenvalue weighted by molar-refractivity contribution is 7.13. The van der Waals surface area contributed by atoms with E-state index in [1.165, 1.54) is 11.3 Å². The summed E-state index contributed by atoms with van der Waals surface area (Å²) < 4.78 is 0. The second-order valence-electron chi connectivity index (χ2n) is 4.40. The molecule has 0 radical (unpaired) electrons. The third kappa shape index (κ3) is 2.69. The van der Waals surface area contributed by atoms with Crippen molar-refractivity contribution in [2.24, 2.45) is 5.92 Å². The molecule has 0 spiro atoms. The van der Waals surface area contributed by atoms with Crippen molar-refractivity contribution in [1.29, 1.82) is 0 Å². The zero-order valence-corrected chi connectivity index (χ0v) is 11.1. The van der Waals surface area contributed by atoms with Gasteiger partial charge in [-0.2, -0.15) is 0 Å². The largest absolute Gasteiger partial charge is 0.481 e. The number of carbonyl (C=O) groups excluding carboxylic acids is 1. The monoisotopic (exact) mass is 268 g/mol. The molecule has 1 aliphatic rings. The maximum atomic E-state index is 12.2. The third-order valence-electron chi connectivity index (χ3n) is 3.12. The van der Waals surface area contributed by atoms with Crippen molar-refractivity contribution < 1.29 is 14.7 Å². The lowest BCUT2D eigenvalue weighted by atomic mass is 9.98. The zero-order valence-electron chi connectivity index (χ0n) is 10.3. The Balaban J connectivity index is 2.06. The number of thiazole rings is 1. The van der Waals surface area contributed by atoms with Gasteiger partial charge in [0.25, 0.3) is 5.91 Å². The second kappa shape index (κ2) is 5.48. The van der Waals surface area contributed by atoms with Gasteiger partial charge in [-0.05, 0) is 19.3 Å². The molecule has 0 aromatic carbocycles. The first-order valence-electron chi connectivity index (χ1n) is 6.08. The van der Waals surface area contributed by atoms with Crippen LogP contribution in [-0.2, 0) is 11.2 Å². The molecular weight excluding hydrogens is 252 g/mol. The van der Waals surface area contributed by atoms with Crippen LogP contribution in [0.2, 0.25) is 0 Å². The molecule has 98 valence electrons. The summed E-state index contributed by atoms with van der Waals surface area (Å²) in [5.74, 6) is -1.33. The van der Waals surface area contributed by atoms with Crippen LogP contribution >= 0.6 is 11.3 Å². The quantitative estimate of drug-likeness (QED) is 0.904. The lowest BCUT2D eigenvalue weighted by Crippen LogP contribution is -2.42. The SMILES string of the molecule is CCc1ncc(C(=O)N2CCCC(C(=O)O)C2)s1. The number of nitrogens with zero attached hydrogens (tertiary/aromatic N) is 2. The Labute approximate surface area is 109 Å². The smallest absolute Gasteiger partial charge is 0.308 e. The van der Waals surface area contributed by atoms with Gasteiger partial charge >= 0.3 is 5.97 Å². The molecule has 0 bridgehead atoms. The maximum Gasteiger partial charge on any atom is 0.308 e. The van der Waals surface area contributed by atoms with Crippen LogP contribution in [0.25, 0.3) is 0 Å². The highest BCUT2D eigenvalue weighted by Crippen LogP contribution is 2.21. The number of aliphatic carboxylic acids is 1. The summed E-state index contributed by atoms with van der Waals surface area (Å²) in [4.78, 5) is 29.6. The van der Waals surface area contributed by atoms with Gasteiger partial charge in [0.2, 0.25) is 0 Å². The summed E-state index contributed by atoms with van der Waals surface area (Å²) >= 11 is 1.39. The Morgan fingerprint density at radius 1 is 1.61 bits per heavy atom. The fourth-order valence-corrected chi connectivity index (χ4v) is 2.92. The molecule has 2 heterocycles. The minimum Gasteiger partial charge on any atom is -0.481 e. The fraction of sp³-hybridized carbons (Fsp3) is 0.583. The van der Waals surface area contributed by atoms with Crippen LogP contribution in [0.1, 0.15) is 34.4 Å². The first-order chi connectivity index (χ1) is 8.61. The number of hydrogen-bond donors (Lipinski definition) is 1. The Hall–Kier alpha value is -1.43. The van der Waals surface area contributed by atoms with E-state index in [0.717, 1.165) is 17.8 Å². The lowest BCUT2D eigenvalue weighted by Gasteiger charge is -2.30. The van der Waals surface area contributed by atoms with Crippen LogP contribution in [-0.4, -0.2) is 40.0 Å². The van der Waals surface area contributed by atoms with Gasteiger partial charge < -0.3 is 10.0 Å². The van der Waals surface area contributed by atoms with Crippen LogP contribution in [0, 0.1) is 5.92 Å². The molecule has 1 aliphatic heterocycles. The van der Waals surface area contributed by atoms with E-state index in [9.17, 15) is 9.59 Å². The summed E-state index contributed by atoms with van der Waals surface area (Å²) in [6.45, 7) is 2.95. The molecule has 1 unspecified atom stereocenters. The number of rotatable bonds is 3. The molecule has 0 aliphatic carbocycles. The summed E-state index contributed by atoms with van der Waals surface area (Å²) in [6.07, 6.45) is 3.82. The van der Waals surface area contributed by atoms with Gasteiger partial charge in [0.15, 0.2) is 0 Å². The molecule has 1 amide bonds. The number of hydrogen-bond acceptors (Lipinski definition) is 4. The summed E-state index contributed by atoms with van der Waals surface area (Å²) in [5, 5.41) is 9.94. The topological polar surface area (TPSA) is 70.5 Å². The van der Waals surface area contributed by atoms with E-state index in [1.807, 2.05) is 6.92 Å². The van der Waals surface area contributed by atoms with Crippen molar-refractivity contribution in [2.45, 2.75) is 26.2 Å². The van der Waals surface area contributed by atoms with Gasteiger partial charge in [0, 0.05) is 13.1 Å². The van der Waals surface area contributed by atoms with E-state index >= 15 is 0 Å². The first-order valence-corrected chi connectivity index (χ1v) is 6.90. The Kier molecular flexibility index (Phi) is 3.96. The predicted molar refractivity (Wildman–Crippen MR) is 67.8 cm³/mol. The second-order valence-corrected chi connectivity index (χ2v) is 5.52. The van der Waals surface area contributed by atoms with Gasteiger partial charge in [-0.3, -0.25) is 9.59 Å². The summed E-state index contributed by atoms with van der Waals surface area (Å²) in [7, 11) is 0. The van der Waals surface area contributed by atoms with Gasteiger partial charge in [-0.1, -0.05) is 6.92 Å². The van der Waals surface area contributed by atoms with Crippen molar-refractivity contribution in [1.82, 2.24) is 9.88 Å². The zero-order chi connectivity index (χ0) is 13.1. The van der Waals surface area contributed by atoms with Gasteiger partial charge in [0.1, 0.15) is 4.88 Å². The number of carboxylic acid groups (broad SMARTS) is 1. The van der Waals surface area contributed by atoms with Crippen molar-refractivity contribution in [2.75, 3.05) is 13.1 Å². The molecule has 1 fully saturated rings. The van der Waals surface area contributed by atoms with Crippen LogP contribution < -0.4 is 0 Å². The van der Waals surface area contributed by atoms with Gasteiger partial charge in [0.05, 0.1) is 17.1 Å². The average Bonchev–Trinajstić information content (AvgIpc) is 2.86. The summed E-state index contributed by atoms with van der Waals surface area (Å²) in [5.41, 5.74) is 0. The standard InChI is InChI=1S/C12H16N2O3S/c1-2-10-13-6-9(18-10)11(15)14-5-3-4-8(7-14)12(16)17/h6,8H,2-5,7H2,1H3,(H,16,17). The lowest BCUT2D eigenvalue weighted by molar-refractivity contribution is -0.143. The van der Waals surface area contributed by atoms with E-state index in [4.69, 9.17) is 5.11 Å². The highest BCUT2D eigenvalue weighted by Gasteiger charge is 2.29. The molecule has 1 saturated heterocycles. The maximum absolute atomic E-state index is 12.2. The highest BCUT2D eigenvalue weighted by atomic mass is 32.1. The Morgan fingerprint density at radius 3 is 3.00 bits per heavy atom. The fourth-order valence-electron chi connectivity index (χ4n) is 2.09. The average molecular weight is 268 g/mol. The molecule has 1 aromatic rings. The molecule has 2 rings (SSSR count). The van der Waals surface area contributed by atoms with Crippen LogP contribution in [0.3, 0.4) is 0 Å². The number of piperidine rings is 1. The molecular formula is C12H16N2O3S. The molecule has 0 saturated carbocycles. The van der Waals surface area contributed by atoms with Crippen LogP contribution in [0.4, 0.5) is 0 Å². The Morgan fingerprint density at radius 2 is 2.39 bits per heavy atom. The van der Waals surface area contributed by atoms with E-state index in [1.54, 1.807) is 11.1 Å². The summed E-state index contributed by atoms with van der Waals surface area (Å²) in [6, 6.07) is 0. The van der Waals surface area contributed by atoms with Gasteiger partial charge in [-0.25, -0.2) is 4.98 Å². The molecule has 6 heteroatoms. The number of carboxylic acids is 1. The molecule has 1 N–H and O–H groups in total. The molecule has 18 heavy (non-hydrogen) atoms. The minimum atomic E-state index is -0.814. The number of carbonyl (C=O) groups is 2. The number of amides is 1. The number of likely N-dealkylation sites (tertiary alicyclic amines) is 1. The normalized spacial score (nSPS) is 19.8. The predicted octanol–water partition coefficient (Wildman–Crippen LogP) is 1.64. The number of aryl methyl sites for hydroxylation is 1. The van der Waals surface area contributed by atoms with Crippen molar-refractivity contribution in [3.8, 4) is 0 Å². The van der Waals surface area contributed by atoms with Crippen molar-refractivity contribution in [3.63, 3.8) is 0 Å². The van der Waals surface area contributed by atoms with Crippen LogP contribution in [0.5, 0.6) is 0 Å². The van der Waals surface area contributed by atoms with E-state index in [-0.39, 0.29) is 5.91 Å². The molecule has 1 atom stereocenters. The van der Waals surface area contributed by atoms with Crippen LogP contribution in [0.15, 0.2) is 6.20 Å². The number of aromatic nitrogens is 1. The van der Waals surface area contributed by atoms with Crippen molar-refractivity contribution >= 4 is 23.2 Å². The molecule has 1 aromatic heterocycles. The van der Waals surface area contributed by atoms with E-state index in [0.29, 0.717) is 24.4 Å². The first kappa shape index (κ1) is 13.0. The molecule has 5 nitrogen and oxygen atoms in total.